The third-order valence-electron chi connectivity index (χ3n) is 5.94. The van der Waals surface area contributed by atoms with Crippen LogP contribution in [0.15, 0.2) is 53.4 Å². The number of fused-ring (bicyclic) bond motifs is 1. The molecule has 1 N–H and O–H groups in total. The summed E-state index contributed by atoms with van der Waals surface area (Å²) in [6.07, 6.45) is -0.0853. The first-order chi connectivity index (χ1) is 14.2. The van der Waals surface area contributed by atoms with Crippen molar-refractivity contribution in [2.45, 2.75) is 31.2 Å². The van der Waals surface area contributed by atoms with Crippen LogP contribution in [0, 0.1) is 18.7 Å². The van der Waals surface area contributed by atoms with Gasteiger partial charge in [0.1, 0.15) is 5.82 Å². The fourth-order valence-electron chi connectivity index (χ4n) is 4.46. The Bertz CT molecular complexity index is 1220. The topological polar surface area (TPSA) is 79.6 Å². The quantitative estimate of drug-likeness (QED) is 0.671. The third-order valence-corrected chi connectivity index (χ3v) is 7.78. The van der Waals surface area contributed by atoms with Crippen LogP contribution in [0.25, 0.3) is 10.9 Å². The number of carboxylic acid groups (broad SMARTS) is 1. The number of hydrogen-bond donors (Lipinski definition) is 1. The van der Waals surface area contributed by atoms with Gasteiger partial charge in [-0.1, -0.05) is 25.1 Å². The van der Waals surface area contributed by atoms with Crippen LogP contribution in [0.2, 0.25) is 0 Å². The minimum absolute atomic E-state index is 0.0207. The second kappa shape index (κ2) is 7.52. The maximum Gasteiger partial charge on any atom is 0.307 e. The summed E-state index contributed by atoms with van der Waals surface area (Å²) in [7, 11) is -3.75. The van der Waals surface area contributed by atoms with Gasteiger partial charge in [-0.3, -0.25) is 4.79 Å². The monoisotopic (exact) mass is 430 g/mol. The molecule has 2 atom stereocenters. The first-order valence-electron chi connectivity index (χ1n) is 9.76. The Kier molecular flexibility index (Phi) is 5.15. The molecule has 1 aliphatic rings. The van der Waals surface area contributed by atoms with Gasteiger partial charge >= 0.3 is 5.97 Å². The van der Waals surface area contributed by atoms with Gasteiger partial charge in [0, 0.05) is 29.7 Å². The van der Waals surface area contributed by atoms with E-state index in [9.17, 15) is 22.7 Å². The number of carboxylic acids is 1. The summed E-state index contributed by atoms with van der Waals surface area (Å²) in [6.45, 7) is 4.50. The standard InChI is InChI=1S/C22H23FN2O4S/c1-14-12-24(30(28,29)17-9-7-16(23)8-10-17)13-21(14)25-15(2)19(11-22(26)27)18-5-3-4-6-20(18)25/h3-10,14,21H,11-13H2,1-2H3,(H,26,27)/t14-,21+/m1/s1. The van der Waals surface area contributed by atoms with Gasteiger partial charge in [0.15, 0.2) is 0 Å². The molecule has 30 heavy (non-hydrogen) atoms. The lowest BCUT2D eigenvalue weighted by molar-refractivity contribution is -0.136. The summed E-state index contributed by atoms with van der Waals surface area (Å²) < 4.78 is 42.9. The summed E-state index contributed by atoms with van der Waals surface area (Å²) in [5.41, 5.74) is 2.51. The first-order valence-corrected chi connectivity index (χ1v) is 11.2. The van der Waals surface area contributed by atoms with E-state index in [2.05, 4.69) is 4.57 Å². The average molecular weight is 431 g/mol. The Morgan fingerprint density at radius 1 is 1.13 bits per heavy atom. The van der Waals surface area contributed by atoms with E-state index in [0.717, 1.165) is 34.3 Å². The smallest absolute Gasteiger partial charge is 0.307 e. The molecule has 4 rings (SSSR count). The Morgan fingerprint density at radius 3 is 2.47 bits per heavy atom. The molecule has 1 saturated heterocycles. The highest BCUT2D eigenvalue weighted by Crippen LogP contribution is 2.37. The predicted octanol–water partition coefficient (Wildman–Crippen LogP) is 3.60. The molecule has 0 saturated carbocycles. The SMILES string of the molecule is Cc1c(CC(=O)O)c2ccccc2n1[C@H]1CN(S(=O)(=O)c2ccc(F)cc2)C[C@H]1C. The molecule has 1 aliphatic heterocycles. The van der Waals surface area contributed by atoms with Gasteiger partial charge in [-0.2, -0.15) is 4.31 Å². The minimum Gasteiger partial charge on any atom is -0.481 e. The molecular weight excluding hydrogens is 407 g/mol. The summed E-state index contributed by atoms with van der Waals surface area (Å²) in [6, 6.07) is 12.3. The zero-order chi connectivity index (χ0) is 21.6. The number of carbonyl (C=O) groups is 1. The van der Waals surface area contributed by atoms with E-state index in [1.807, 2.05) is 38.1 Å². The van der Waals surface area contributed by atoms with Crippen molar-refractivity contribution in [1.82, 2.24) is 8.87 Å². The van der Waals surface area contributed by atoms with E-state index in [-0.39, 0.29) is 29.8 Å². The zero-order valence-electron chi connectivity index (χ0n) is 16.7. The van der Waals surface area contributed by atoms with Gasteiger partial charge in [-0.15, -0.1) is 0 Å². The number of aromatic nitrogens is 1. The maximum absolute atomic E-state index is 13.2. The zero-order valence-corrected chi connectivity index (χ0v) is 17.6. The second-order valence-electron chi connectivity index (χ2n) is 7.84. The molecule has 0 amide bonds. The lowest BCUT2D eigenvalue weighted by atomic mass is 10.1. The number of aliphatic carboxylic acids is 1. The summed E-state index contributed by atoms with van der Waals surface area (Å²) in [5.74, 6) is -1.37. The molecule has 158 valence electrons. The van der Waals surface area contributed by atoms with Crippen LogP contribution in [-0.4, -0.2) is 41.5 Å². The molecule has 1 aromatic heterocycles. The molecule has 0 aliphatic carbocycles. The molecule has 0 spiro atoms. The summed E-state index contributed by atoms with van der Waals surface area (Å²) in [4.78, 5) is 11.5. The van der Waals surface area contributed by atoms with Crippen LogP contribution < -0.4 is 0 Å². The van der Waals surface area contributed by atoms with E-state index in [4.69, 9.17) is 0 Å². The Morgan fingerprint density at radius 2 is 1.80 bits per heavy atom. The van der Waals surface area contributed by atoms with Crippen molar-refractivity contribution in [2.75, 3.05) is 13.1 Å². The van der Waals surface area contributed by atoms with Crippen molar-refractivity contribution >= 4 is 26.9 Å². The molecule has 2 heterocycles. The number of sulfonamides is 1. The molecular formula is C22H23FN2O4S. The average Bonchev–Trinajstić information content (AvgIpc) is 3.20. The van der Waals surface area contributed by atoms with Gasteiger partial charge in [0.05, 0.1) is 17.4 Å². The van der Waals surface area contributed by atoms with E-state index in [1.54, 1.807) is 0 Å². The molecule has 6 nitrogen and oxygen atoms in total. The van der Waals surface area contributed by atoms with Gasteiger partial charge in [0.25, 0.3) is 0 Å². The normalized spacial score (nSPS) is 20.1. The highest BCUT2D eigenvalue weighted by atomic mass is 32.2. The van der Waals surface area contributed by atoms with Crippen molar-refractivity contribution in [3.05, 3.63) is 65.6 Å². The number of hydrogen-bond acceptors (Lipinski definition) is 3. The Labute approximate surface area is 174 Å². The van der Waals surface area contributed by atoms with Gasteiger partial charge in [-0.05, 0) is 48.7 Å². The van der Waals surface area contributed by atoms with Gasteiger partial charge in [0.2, 0.25) is 10.0 Å². The lowest BCUT2D eigenvalue weighted by Crippen LogP contribution is -2.29. The number of nitrogens with zero attached hydrogens (tertiary/aromatic N) is 2. The summed E-state index contributed by atoms with van der Waals surface area (Å²) >= 11 is 0. The number of benzene rings is 2. The van der Waals surface area contributed by atoms with Crippen LogP contribution >= 0.6 is 0 Å². The fourth-order valence-corrected chi connectivity index (χ4v) is 6.01. The predicted molar refractivity (Wildman–Crippen MR) is 111 cm³/mol. The largest absolute Gasteiger partial charge is 0.481 e. The molecule has 2 aromatic carbocycles. The molecule has 1 fully saturated rings. The fraction of sp³-hybridized carbons (Fsp3) is 0.318. The molecule has 0 radical (unpaired) electrons. The Balaban J connectivity index is 1.74. The molecule has 0 bridgehead atoms. The number of rotatable bonds is 5. The maximum atomic E-state index is 13.2. The number of halogens is 1. The van der Waals surface area contributed by atoms with Crippen LogP contribution in [0.3, 0.4) is 0 Å². The second-order valence-corrected chi connectivity index (χ2v) is 9.78. The van der Waals surface area contributed by atoms with Gasteiger partial charge < -0.3 is 9.67 Å². The van der Waals surface area contributed by atoms with Crippen molar-refractivity contribution < 1.29 is 22.7 Å². The third kappa shape index (κ3) is 3.40. The Hall–Kier alpha value is -2.71. The van der Waals surface area contributed by atoms with Crippen LogP contribution in [0.5, 0.6) is 0 Å². The van der Waals surface area contributed by atoms with Crippen molar-refractivity contribution in [2.24, 2.45) is 5.92 Å². The van der Waals surface area contributed by atoms with E-state index >= 15 is 0 Å². The molecule has 3 aromatic rings. The lowest BCUT2D eigenvalue weighted by Gasteiger charge is -2.21. The van der Waals surface area contributed by atoms with Crippen LogP contribution in [0.1, 0.15) is 24.2 Å². The van der Waals surface area contributed by atoms with Crippen molar-refractivity contribution in [3.63, 3.8) is 0 Å². The van der Waals surface area contributed by atoms with Gasteiger partial charge in [-0.25, -0.2) is 12.8 Å². The number of para-hydroxylation sites is 1. The summed E-state index contributed by atoms with van der Waals surface area (Å²) in [5, 5.41) is 10.2. The minimum atomic E-state index is -3.75. The first kappa shape index (κ1) is 20.6. The molecule has 8 heteroatoms. The molecule has 0 unspecified atom stereocenters. The van der Waals surface area contributed by atoms with Crippen molar-refractivity contribution in [3.8, 4) is 0 Å². The van der Waals surface area contributed by atoms with Crippen LogP contribution in [0.4, 0.5) is 4.39 Å². The van der Waals surface area contributed by atoms with E-state index in [0.29, 0.717) is 6.54 Å². The van der Waals surface area contributed by atoms with Crippen LogP contribution in [-0.2, 0) is 21.2 Å². The van der Waals surface area contributed by atoms with Crippen molar-refractivity contribution in [1.29, 1.82) is 0 Å². The van der Waals surface area contributed by atoms with E-state index in [1.165, 1.54) is 16.4 Å². The highest BCUT2D eigenvalue weighted by molar-refractivity contribution is 7.89. The highest BCUT2D eigenvalue weighted by Gasteiger charge is 2.39. The van der Waals surface area contributed by atoms with E-state index < -0.39 is 21.8 Å².